The van der Waals surface area contributed by atoms with E-state index in [4.69, 9.17) is 4.42 Å². The number of thiophene rings is 1. The third kappa shape index (κ3) is 2.63. The minimum Gasteiger partial charge on any atom is -0.439 e. The van der Waals surface area contributed by atoms with Crippen LogP contribution in [0.4, 0.5) is 0 Å². The summed E-state index contributed by atoms with van der Waals surface area (Å²) < 4.78 is 5.79. The number of oxazole rings is 1. The molecule has 4 rings (SSSR count). The van der Waals surface area contributed by atoms with Crippen molar-refractivity contribution in [2.45, 2.75) is 10.8 Å². The summed E-state index contributed by atoms with van der Waals surface area (Å²) in [4.78, 5) is 5.43. The molecule has 4 nitrogen and oxygen atoms in total. The number of aromatic nitrogens is 3. The Labute approximate surface area is 135 Å². The molecule has 0 spiro atoms. The van der Waals surface area contributed by atoms with Gasteiger partial charge in [0.05, 0.1) is 23.0 Å². The van der Waals surface area contributed by atoms with Crippen LogP contribution in [0, 0.1) is 0 Å². The van der Waals surface area contributed by atoms with Crippen LogP contribution in [0.2, 0.25) is 0 Å². The Kier molecular flexibility index (Phi) is 3.62. The van der Waals surface area contributed by atoms with Crippen molar-refractivity contribution in [3.8, 4) is 10.6 Å². The highest BCUT2D eigenvalue weighted by Crippen LogP contribution is 2.30. The van der Waals surface area contributed by atoms with Crippen molar-refractivity contribution in [3.63, 3.8) is 0 Å². The zero-order valence-corrected chi connectivity index (χ0v) is 13.1. The molecule has 0 atom stereocenters. The number of thioether (sulfide) groups is 1. The van der Waals surface area contributed by atoms with Gasteiger partial charge in [0.1, 0.15) is 5.03 Å². The minimum absolute atomic E-state index is 0.633. The third-order valence-corrected chi connectivity index (χ3v) is 5.04. The van der Waals surface area contributed by atoms with E-state index in [0.29, 0.717) is 11.6 Å². The largest absolute Gasteiger partial charge is 0.439 e. The Morgan fingerprint density at radius 3 is 2.95 bits per heavy atom. The molecule has 0 saturated heterocycles. The van der Waals surface area contributed by atoms with E-state index >= 15 is 0 Å². The molecule has 0 radical (unpaired) electrons. The van der Waals surface area contributed by atoms with E-state index in [-0.39, 0.29) is 0 Å². The molecule has 0 bridgehead atoms. The van der Waals surface area contributed by atoms with Crippen molar-refractivity contribution in [1.29, 1.82) is 0 Å². The fourth-order valence-corrected chi connectivity index (χ4v) is 3.66. The first kappa shape index (κ1) is 13.5. The van der Waals surface area contributed by atoms with Gasteiger partial charge in [0.15, 0.2) is 5.76 Å². The SMILES string of the molecule is c1csc(-c2cnc(CSc3nncc4ccccc34)o2)c1. The molecule has 0 unspecified atom stereocenters. The van der Waals surface area contributed by atoms with Crippen molar-refractivity contribution in [1.82, 2.24) is 15.2 Å². The summed E-state index contributed by atoms with van der Waals surface area (Å²) in [6.07, 6.45) is 3.55. The average Bonchev–Trinajstić information content (AvgIpc) is 3.24. The average molecular weight is 325 g/mol. The molecule has 1 aromatic carbocycles. The second kappa shape index (κ2) is 5.90. The van der Waals surface area contributed by atoms with Gasteiger partial charge in [-0.05, 0) is 11.4 Å². The first-order chi connectivity index (χ1) is 10.9. The van der Waals surface area contributed by atoms with Crippen LogP contribution in [-0.2, 0) is 5.75 Å². The van der Waals surface area contributed by atoms with Crippen LogP contribution < -0.4 is 0 Å². The summed E-state index contributed by atoms with van der Waals surface area (Å²) >= 11 is 3.23. The van der Waals surface area contributed by atoms with E-state index in [1.165, 1.54) is 0 Å². The van der Waals surface area contributed by atoms with Gasteiger partial charge in [-0.2, -0.15) is 5.10 Å². The van der Waals surface area contributed by atoms with Crippen LogP contribution in [0.1, 0.15) is 5.89 Å². The number of benzene rings is 1. The quantitative estimate of drug-likeness (QED) is 0.512. The highest BCUT2D eigenvalue weighted by Gasteiger charge is 2.10. The van der Waals surface area contributed by atoms with E-state index in [1.54, 1.807) is 35.5 Å². The molecule has 0 aliphatic rings. The Hall–Kier alpha value is -2.18. The molecule has 0 aliphatic carbocycles. The Bertz CT molecular complexity index is 897. The minimum atomic E-state index is 0.633. The number of hydrogen-bond donors (Lipinski definition) is 0. The smallest absolute Gasteiger partial charge is 0.205 e. The third-order valence-electron chi connectivity index (χ3n) is 3.19. The lowest BCUT2D eigenvalue weighted by molar-refractivity contribution is 0.531. The standard InChI is InChI=1S/C16H11N3OS2/c1-2-5-12-11(4-1)8-18-19-16(12)22-10-15-17-9-13(20-15)14-6-3-7-21-14/h1-9H,10H2. The maximum atomic E-state index is 5.79. The van der Waals surface area contributed by atoms with Crippen LogP contribution in [-0.4, -0.2) is 15.2 Å². The van der Waals surface area contributed by atoms with E-state index in [9.17, 15) is 0 Å². The van der Waals surface area contributed by atoms with Gasteiger partial charge >= 0.3 is 0 Å². The second-order valence-corrected chi connectivity index (χ2v) is 6.53. The Morgan fingerprint density at radius 2 is 2.05 bits per heavy atom. The number of hydrogen-bond acceptors (Lipinski definition) is 6. The number of fused-ring (bicyclic) bond motifs is 1. The first-order valence-corrected chi connectivity index (χ1v) is 8.58. The summed E-state index contributed by atoms with van der Waals surface area (Å²) in [5, 5.41) is 13.4. The molecule has 0 saturated carbocycles. The summed E-state index contributed by atoms with van der Waals surface area (Å²) in [6, 6.07) is 12.1. The van der Waals surface area contributed by atoms with E-state index in [0.717, 1.165) is 26.4 Å². The number of rotatable bonds is 4. The van der Waals surface area contributed by atoms with Gasteiger partial charge in [-0.3, -0.25) is 0 Å². The van der Waals surface area contributed by atoms with Crippen LogP contribution in [0.15, 0.2) is 63.6 Å². The molecular formula is C16H11N3OS2. The van der Waals surface area contributed by atoms with Gasteiger partial charge < -0.3 is 4.42 Å². The molecule has 0 amide bonds. The monoisotopic (exact) mass is 325 g/mol. The van der Waals surface area contributed by atoms with Crippen molar-refractivity contribution >= 4 is 33.9 Å². The Morgan fingerprint density at radius 1 is 1.09 bits per heavy atom. The summed E-state index contributed by atoms with van der Waals surface area (Å²) in [5.74, 6) is 2.14. The normalized spacial score (nSPS) is 11.1. The summed E-state index contributed by atoms with van der Waals surface area (Å²) in [5.41, 5.74) is 0. The fourth-order valence-electron chi connectivity index (χ4n) is 2.15. The van der Waals surface area contributed by atoms with Crippen molar-refractivity contribution < 1.29 is 4.42 Å². The second-order valence-electron chi connectivity index (χ2n) is 4.62. The van der Waals surface area contributed by atoms with E-state index in [1.807, 2.05) is 35.7 Å². The van der Waals surface area contributed by atoms with Gasteiger partial charge in [-0.25, -0.2) is 4.98 Å². The van der Waals surface area contributed by atoms with Crippen LogP contribution >= 0.6 is 23.1 Å². The first-order valence-electron chi connectivity index (χ1n) is 6.72. The molecule has 0 aliphatic heterocycles. The lowest BCUT2D eigenvalue weighted by Crippen LogP contribution is -1.88. The van der Waals surface area contributed by atoms with Gasteiger partial charge in [0.25, 0.3) is 0 Å². The summed E-state index contributed by atoms with van der Waals surface area (Å²) in [7, 11) is 0. The van der Waals surface area contributed by atoms with Crippen molar-refractivity contribution in [3.05, 3.63) is 60.1 Å². The number of nitrogens with zero attached hydrogens (tertiary/aromatic N) is 3. The highest BCUT2D eigenvalue weighted by molar-refractivity contribution is 7.98. The molecule has 108 valence electrons. The van der Waals surface area contributed by atoms with Gasteiger partial charge in [0, 0.05) is 10.8 Å². The van der Waals surface area contributed by atoms with E-state index in [2.05, 4.69) is 21.2 Å². The maximum absolute atomic E-state index is 5.79. The fraction of sp³-hybridized carbons (Fsp3) is 0.0625. The van der Waals surface area contributed by atoms with Crippen molar-refractivity contribution in [2.24, 2.45) is 0 Å². The predicted octanol–water partition coefficient (Wildman–Crippen LogP) is 4.64. The predicted molar refractivity (Wildman–Crippen MR) is 88.9 cm³/mol. The van der Waals surface area contributed by atoms with Crippen LogP contribution in [0.5, 0.6) is 0 Å². The van der Waals surface area contributed by atoms with Crippen LogP contribution in [0.3, 0.4) is 0 Å². The zero-order valence-electron chi connectivity index (χ0n) is 11.5. The maximum Gasteiger partial charge on any atom is 0.205 e. The topological polar surface area (TPSA) is 51.8 Å². The Balaban J connectivity index is 1.55. The van der Waals surface area contributed by atoms with Crippen molar-refractivity contribution in [2.75, 3.05) is 0 Å². The molecule has 4 aromatic rings. The summed E-state index contributed by atoms with van der Waals surface area (Å²) in [6.45, 7) is 0. The lowest BCUT2D eigenvalue weighted by atomic mass is 10.2. The van der Waals surface area contributed by atoms with E-state index < -0.39 is 0 Å². The van der Waals surface area contributed by atoms with Crippen LogP contribution in [0.25, 0.3) is 21.4 Å². The molecule has 3 aromatic heterocycles. The molecule has 3 heterocycles. The highest BCUT2D eigenvalue weighted by atomic mass is 32.2. The molecule has 22 heavy (non-hydrogen) atoms. The van der Waals surface area contributed by atoms with Gasteiger partial charge in [0.2, 0.25) is 5.89 Å². The lowest BCUT2D eigenvalue weighted by Gasteiger charge is -2.02. The molecule has 0 N–H and O–H groups in total. The molecular weight excluding hydrogens is 314 g/mol. The van der Waals surface area contributed by atoms with Gasteiger partial charge in [-0.15, -0.1) is 16.4 Å². The zero-order chi connectivity index (χ0) is 14.8. The van der Waals surface area contributed by atoms with Gasteiger partial charge in [-0.1, -0.05) is 42.1 Å². The molecule has 6 heteroatoms. The molecule has 0 fully saturated rings.